The molecular weight excluding hydrogens is 394 g/mol. The Morgan fingerprint density at radius 2 is 2.00 bits per heavy atom. The number of rotatable bonds is 7. The largest absolute Gasteiger partial charge is 0.359 e. The first-order chi connectivity index (χ1) is 15.1. The fourth-order valence-electron chi connectivity index (χ4n) is 3.73. The number of carbonyl (C=O) groups is 2. The Morgan fingerprint density at radius 1 is 1.19 bits per heavy atom. The van der Waals surface area contributed by atoms with Crippen molar-refractivity contribution in [3.05, 3.63) is 48.3 Å². The monoisotopic (exact) mass is 425 g/mol. The van der Waals surface area contributed by atoms with E-state index < -0.39 is 0 Å². The third kappa shape index (κ3) is 6.84. The summed E-state index contributed by atoms with van der Waals surface area (Å²) in [6, 6.07) is 9.55. The Bertz CT molecular complexity index is 887. The number of nitrogens with one attached hydrogen (secondary N) is 3. The second-order valence-corrected chi connectivity index (χ2v) is 7.66. The van der Waals surface area contributed by atoms with E-state index in [1.807, 2.05) is 24.3 Å². The molecule has 0 atom stereocenters. The topological polar surface area (TPSA) is 104 Å². The van der Waals surface area contributed by atoms with Crippen LogP contribution in [0.15, 0.2) is 47.7 Å². The molecule has 1 aliphatic heterocycles. The maximum absolute atomic E-state index is 12.2. The van der Waals surface area contributed by atoms with Crippen LogP contribution < -0.4 is 16.0 Å². The zero-order chi connectivity index (χ0) is 22.1. The lowest BCUT2D eigenvalue weighted by atomic mass is 9.93. The Balaban J connectivity index is 1.48. The number of carbonyl (C=O) groups excluding carboxylic acids is 2. The summed E-state index contributed by atoms with van der Waals surface area (Å²) in [5.74, 6) is 1.27. The van der Waals surface area contributed by atoms with Crippen LogP contribution in [0.2, 0.25) is 0 Å². The molecule has 0 aliphatic carbocycles. The average Bonchev–Trinajstić information content (AvgIpc) is 3.28. The molecule has 1 fully saturated rings. The molecule has 2 aromatic rings. The smallest absolute Gasteiger partial charge is 0.246 e. The van der Waals surface area contributed by atoms with Crippen LogP contribution in [0.3, 0.4) is 0 Å². The van der Waals surface area contributed by atoms with Crippen molar-refractivity contribution in [3.63, 3.8) is 0 Å². The van der Waals surface area contributed by atoms with Crippen molar-refractivity contribution in [2.45, 2.75) is 32.4 Å². The zero-order valence-corrected chi connectivity index (χ0v) is 18.2. The fourth-order valence-corrected chi connectivity index (χ4v) is 3.73. The second-order valence-electron chi connectivity index (χ2n) is 7.66. The van der Waals surface area contributed by atoms with Crippen molar-refractivity contribution in [2.75, 3.05) is 32.5 Å². The third-order valence-corrected chi connectivity index (χ3v) is 5.40. The fraction of sp³-hybridized carbons (Fsp3) is 0.455. The highest BCUT2D eigenvalue weighted by molar-refractivity contribution is 5.90. The third-order valence-electron chi connectivity index (χ3n) is 5.40. The van der Waals surface area contributed by atoms with Gasteiger partial charge in [-0.15, -0.1) is 0 Å². The average molecular weight is 426 g/mol. The van der Waals surface area contributed by atoms with Crippen molar-refractivity contribution in [1.82, 2.24) is 25.3 Å². The van der Waals surface area contributed by atoms with Crippen molar-refractivity contribution < 1.29 is 9.59 Å². The number of likely N-dealkylation sites (tertiary alicyclic amines) is 1. The van der Waals surface area contributed by atoms with Crippen molar-refractivity contribution in [2.24, 2.45) is 10.9 Å². The van der Waals surface area contributed by atoms with E-state index in [1.54, 1.807) is 37.2 Å². The number of guanidine groups is 1. The van der Waals surface area contributed by atoms with E-state index in [2.05, 4.69) is 30.9 Å². The summed E-state index contributed by atoms with van der Waals surface area (Å²) in [6.07, 6.45) is 5.96. The molecule has 9 nitrogen and oxygen atoms in total. The van der Waals surface area contributed by atoms with Gasteiger partial charge in [-0.2, -0.15) is 5.10 Å². The van der Waals surface area contributed by atoms with Crippen LogP contribution in [0.4, 0.5) is 5.69 Å². The van der Waals surface area contributed by atoms with Gasteiger partial charge in [0.15, 0.2) is 5.96 Å². The molecule has 2 heterocycles. The van der Waals surface area contributed by atoms with E-state index in [9.17, 15) is 9.59 Å². The number of piperidine rings is 1. The number of hydrogen-bond donors (Lipinski definition) is 3. The molecule has 3 rings (SSSR count). The molecule has 1 aromatic carbocycles. The van der Waals surface area contributed by atoms with Crippen LogP contribution in [0.25, 0.3) is 0 Å². The highest BCUT2D eigenvalue weighted by Crippen LogP contribution is 2.20. The van der Waals surface area contributed by atoms with Gasteiger partial charge in [0.05, 0.1) is 0 Å². The summed E-state index contributed by atoms with van der Waals surface area (Å²) in [5, 5.41) is 13.1. The minimum atomic E-state index is -0.121. The normalized spacial score (nSPS) is 14.9. The van der Waals surface area contributed by atoms with Gasteiger partial charge in [-0.25, -0.2) is 0 Å². The molecular formula is C22H31N7O2. The van der Waals surface area contributed by atoms with Gasteiger partial charge in [0.2, 0.25) is 11.8 Å². The Morgan fingerprint density at radius 3 is 2.68 bits per heavy atom. The van der Waals surface area contributed by atoms with Gasteiger partial charge in [0.1, 0.15) is 6.54 Å². The van der Waals surface area contributed by atoms with Gasteiger partial charge in [0, 0.05) is 58.2 Å². The molecule has 0 unspecified atom stereocenters. The van der Waals surface area contributed by atoms with E-state index in [-0.39, 0.29) is 18.4 Å². The SMILES string of the molecule is CN=C(NCc1cccc(NC(=O)Cn2cccn2)c1)N1CCC(CC(=O)NC)CC1. The zero-order valence-electron chi connectivity index (χ0n) is 18.2. The standard InChI is InChI=1S/C22H31N7O2/c1-23-20(30)14-17-7-11-28(12-8-17)22(24-2)25-15-18-5-3-6-19(13-18)27-21(31)16-29-10-4-9-26-29/h3-6,9-10,13,17H,7-8,11-12,14-16H2,1-2H3,(H,23,30)(H,24,25)(H,27,31). The molecule has 0 radical (unpaired) electrons. The number of benzene rings is 1. The molecule has 0 saturated carbocycles. The van der Waals surface area contributed by atoms with Crippen molar-refractivity contribution in [1.29, 1.82) is 0 Å². The van der Waals surface area contributed by atoms with E-state index in [0.717, 1.165) is 43.1 Å². The number of hydrogen-bond acceptors (Lipinski definition) is 4. The summed E-state index contributed by atoms with van der Waals surface area (Å²) in [5.41, 5.74) is 1.80. The van der Waals surface area contributed by atoms with Gasteiger partial charge in [-0.3, -0.25) is 19.3 Å². The van der Waals surface area contributed by atoms with Gasteiger partial charge in [0.25, 0.3) is 0 Å². The highest BCUT2D eigenvalue weighted by Gasteiger charge is 2.23. The molecule has 1 aromatic heterocycles. The van der Waals surface area contributed by atoms with Crippen molar-refractivity contribution >= 4 is 23.5 Å². The summed E-state index contributed by atoms with van der Waals surface area (Å²) in [6.45, 7) is 2.54. The quantitative estimate of drug-likeness (QED) is 0.460. The summed E-state index contributed by atoms with van der Waals surface area (Å²) >= 11 is 0. The first-order valence-corrected chi connectivity index (χ1v) is 10.6. The van der Waals surface area contributed by atoms with Crippen LogP contribution in [-0.4, -0.2) is 59.6 Å². The molecule has 1 aliphatic rings. The van der Waals surface area contributed by atoms with Crippen LogP contribution >= 0.6 is 0 Å². The molecule has 2 amide bonds. The lowest BCUT2D eigenvalue weighted by molar-refractivity contribution is -0.121. The molecule has 9 heteroatoms. The number of amides is 2. The van der Waals surface area contributed by atoms with Crippen molar-refractivity contribution in [3.8, 4) is 0 Å². The Kier molecular flexibility index (Phi) is 8.03. The lowest BCUT2D eigenvalue weighted by Crippen LogP contribution is -2.45. The second kappa shape index (κ2) is 11.1. The Hall–Kier alpha value is -3.36. The first kappa shape index (κ1) is 22.3. The minimum Gasteiger partial charge on any atom is -0.359 e. The van der Waals surface area contributed by atoms with Crippen LogP contribution in [-0.2, 0) is 22.7 Å². The molecule has 31 heavy (non-hydrogen) atoms. The predicted octanol–water partition coefficient (Wildman–Crippen LogP) is 1.45. The molecule has 3 N–H and O–H groups in total. The molecule has 0 spiro atoms. The van der Waals surface area contributed by atoms with E-state index in [4.69, 9.17) is 0 Å². The maximum Gasteiger partial charge on any atom is 0.246 e. The summed E-state index contributed by atoms with van der Waals surface area (Å²) in [7, 11) is 3.47. The lowest BCUT2D eigenvalue weighted by Gasteiger charge is -2.34. The molecule has 1 saturated heterocycles. The molecule has 0 bridgehead atoms. The van der Waals surface area contributed by atoms with Crippen LogP contribution in [0, 0.1) is 5.92 Å². The molecule has 166 valence electrons. The summed E-state index contributed by atoms with van der Waals surface area (Å²) in [4.78, 5) is 30.4. The number of anilines is 1. The number of nitrogens with zero attached hydrogens (tertiary/aromatic N) is 4. The summed E-state index contributed by atoms with van der Waals surface area (Å²) < 4.78 is 1.59. The number of aromatic nitrogens is 2. The van der Waals surface area contributed by atoms with E-state index >= 15 is 0 Å². The predicted molar refractivity (Wildman–Crippen MR) is 120 cm³/mol. The maximum atomic E-state index is 12.2. The van der Waals surface area contributed by atoms with E-state index in [0.29, 0.717) is 18.9 Å². The van der Waals surface area contributed by atoms with E-state index in [1.165, 1.54) is 0 Å². The Labute approximate surface area is 182 Å². The van der Waals surface area contributed by atoms with Crippen LogP contribution in [0.1, 0.15) is 24.8 Å². The minimum absolute atomic E-state index is 0.109. The van der Waals surface area contributed by atoms with Gasteiger partial charge in [-0.05, 0) is 42.5 Å². The van der Waals surface area contributed by atoms with Gasteiger partial charge in [-0.1, -0.05) is 12.1 Å². The van der Waals surface area contributed by atoms with Gasteiger partial charge < -0.3 is 20.9 Å². The highest BCUT2D eigenvalue weighted by atomic mass is 16.2. The van der Waals surface area contributed by atoms with Crippen LogP contribution in [0.5, 0.6) is 0 Å². The first-order valence-electron chi connectivity index (χ1n) is 10.6. The number of aliphatic imine (C=N–C) groups is 1. The van der Waals surface area contributed by atoms with Gasteiger partial charge >= 0.3 is 0 Å².